The van der Waals surface area contributed by atoms with E-state index in [4.69, 9.17) is 0 Å². The second-order valence-electron chi connectivity index (χ2n) is 5.12. The Bertz CT molecular complexity index is 848. The van der Waals surface area contributed by atoms with Crippen LogP contribution in [0.1, 0.15) is 12.5 Å². The number of amidine groups is 1. The number of sulfonamides is 1. The van der Waals surface area contributed by atoms with Gasteiger partial charge in [0.2, 0.25) is 5.91 Å². The van der Waals surface area contributed by atoms with Crippen LogP contribution in [-0.2, 0) is 21.4 Å². The van der Waals surface area contributed by atoms with Crippen LogP contribution in [0.4, 0.5) is 5.69 Å². The van der Waals surface area contributed by atoms with E-state index in [2.05, 4.69) is 15.0 Å². The molecule has 2 aromatic carbocycles. The minimum Gasteiger partial charge on any atom is -0.326 e. The number of anilines is 1. The van der Waals surface area contributed by atoms with E-state index in [0.717, 1.165) is 5.56 Å². The maximum Gasteiger partial charge on any atom is 0.263 e. The third kappa shape index (κ3) is 5.91. The van der Waals surface area contributed by atoms with Gasteiger partial charge >= 0.3 is 0 Å². The molecule has 0 atom stereocenters. The molecule has 0 unspecified atom stereocenters. The van der Waals surface area contributed by atoms with Crippen molar-refractivity contribution in [2.24, 2.45) is 4.99 Å². The summed E-state index contributed by atoms with van der Waals surface area (Å²) in [6, 6.07) is 15.5. The van der Waals surface area contributed by atoms with Crippen LogP contribution in [0.25, 0.3) is 0 Å². The molecule has 0 heterocycles. The molecule has 8 heteroatoms. The fourth-order valence-electron chi connectivity index (χ4n) is 1.98. The third-order valence-electron chi connectivity index (χ3n) is 3.15. The molecule has 0 aliphatic rings. The number of rotatable bonds is 5. The van der Waals surface area contributed by atoms with Gasteiger partial charge in [-0.15, -0.1) is 0 Å². The van der Waals surface area contributed by atoms with Gasteiger partial charge < -0.3 is 5.32 Å². The first-order chi connectivity index (χ1) is 11.9. The van der Waals surface area contributed by atoms with Gasteiger partial charge in [-0.05, 0) is 36.1 Å². The number of nitrogens with zero attached hydrogens (tertiary/aromatic N) is 1. The summed E-state index contributed by atoms with van der Waals surface area (Å²) in [6.07, 6.45) is 1.76. The molecular formula is C17H19N3O3S2. The predicted molar refractivity (Wildman–Crippen MR) is 102 cm³/mol. The molecule has 0 aliphatic carbocycles. The Labute approximate surface area is 151 Å². The average molecular weight is 377 g/mol. The van der Waals surface area contributed by atoms with Crippen molar-refractivity contribution in [1.82, 2.24) is 4.72 Å². The number of nitrogens with one attached hydrogen (secondary N) is 2. The fourth-order valence-corrected chi connectivity index (χ4v) is 3.74. The van der Waals surface area contributed by atoms with Crippen molar-refractivity contribution >= 4 is 38.5 Å². The SMILES string of the molecule is CSC(=NCc1ccccc1)NS(=O)(=O)c1ccc(NC(C)=O)cc1. The first-order valence-electron chi connectivity index (χ1n) is 7.43. The molecule has 132 valence electrons. The lowest BCUT2D eigenvalue weighted by atomic mass is 10.2. The molecule has 2 rings (SSSR count). The summed E-state index contributed by atoms with van der Waals surface area (Å²) < 4.78 is 27.4. The van der Waals surface area contributed by atoms with E-state index in [1.165, 1.54) is 43.0 Å². The summed E-state index contributed by atoms with van der Waals surface area (Å²) in [4.78, 5) is 15.4. The van der Waals surface area contributed by atoms with Crippen LogP contribution in [0.15, 0.2) is 64.5 Å². The van der Waals surface area contributed by atoms with Crippen molar-refractivity contribution in [3.05, 3.63) is 60.2 Å². The van der Waals surface area contributed by atoms with E-state index < -0.39 is 10.0 Å². The summed E-state index contributed by atoms with van der Waals surface area (Å²) >= 11 is 1.22. The van der Waals surface area contributed by atoms with Gasteiger partial charge in [-0.1, -0.05) is 42.1 Å². The van der Waals surface area contributed by atoms with Gasteiger partial charge in [0.05, 0.1) is 11.4 Å². The first kappa shape index (κ1) is 19.0. The summed E-state index contributed by atoms with van der Waals surface area (Å²) in [5.74, 6) is -0.216. The van der Waals surface area contributed by atoms with Crippen molar-refractivity contribution in [2.75, 3.05) is 11.6 Å². The molecular weight excluding hydrogens is 358 g/mol. The zero-order valence-corrected chi connectivity index (χ0v) is 15.5. The zero-order valence-electron chi connectivity index (χ0n) is 13.9. The van der Waals surface area contributed by atoms with Crippen molar-refractivity contribution in [2.45, 2.75) is 18.4 Å². The molecule has 1 amide bonds. The summed E-state index contributed by atoms with van der Waals surface area (Å²) in [6.45, 7) is 1.78. The molecule has 0 aromatic heterocycles. The maximum atomic E-state index is 12.5. The van der Waals surface area contributed by atoms with Gasteiger partial charge in [0, 0.05) is 12.6 Å². The van der Waals surface area contributed by atoms with Crippen molar-refractivity contribution in [3.63, 3.8) is 0 Å². The first-order valence-corrected chi connectivity index (χ1v) is 10.1. The van der Waals surface area contributed by atoms with Crippen molar-refractivity contribution < 1.29 is 13.2 Å². The summed E-state index contributed by atoms with van der Waals surface area (Å²) in [5, 5.41) is 2.91. The number of thioether (sulfide) groups is 1. The molecule has 0 saturated carbocycles. The lowest BCUT2D eigenvalue weighted by Gasteiger charge is -2.10. The van der Waals surface area contributed by atoms with Crippen LogP contribution in [0, 0.1) is 0 Å². The van der Waals surface area contributed by atoms with Crippen LogP contribution >= 0.6 is 11.8 Å². The third-order valence-corrected chi connectivity index (χ3v) is 5.25. The van der Waals surface area contributed by atoms with Crippen LogP contribution in [-0.4, -0.2) is 25.7 Å². The second kappa shape index (κ2) is 8.68. The summed E-state index contributed by atoms with van der Waals surface area (Å²) in [5.41, 5.74) is 1.53. The normalized spacial score (nSPS) is 11.8. The Hall–Kier alpha value is -2.32. The molecule has 25 heavy (non-hydrogen) atoms. The lowest BCUT2D eigenvalue weighted by molar-refractivity contribution is -0.114. The Balaban J connectivity index is 2.11. The monoisotopic (exact) mass is 377 g/mol. The smallest absolute Gasteiger partial charge is 0.263 e. The van der Waals surface area contributed by atoms with Crippen molar-refractivity contribution in [3.8, 4) is 0 Å². The molecule has 0 fully saturated rings. The van der Waals surface area contributed by atoms with Crippen LogP contribution in [0.5, 0.6) is 0 Å². The largest absolute Gasteiger partial charge is 0.326 e. The van der Waals surface area contributed by atoms with E-state index >= 15 is 0 Å². The van der Waals surface area contributed by atoms with Gasteiger partial charge in [0.25, 0.3) is 10.0 Å². The van der Waals surface area contributed by atoms with Gasteiger partial charge in [-0.2, -0.15) is 0 Å². The van der Waals surface area contributed by atoms with Crippen molar-refractivity contribution in [1.29, 1.82) is 0 Å². The standard InChI is InChI=1S/C17H19N3O3S2/c1-13(21)19-15-8-10-16(11-9-15)25(22,23)20-17(24-2)18-12-14-6-4-3-5-7-14/h3-11H,12H2,1-2H3,(H,18,20)(H,19,21). The highest BCUT2D eigenvalue weighted by Crippen LogP contribution is 2.15. The second-order valence-corrected chi connectivity index (χ2v) is 7.60. The Morgan fingerprint density at radius 3 is 2.28 bits per heavy atom. The number of carbonyl (C=O) groups is 1. The van der Waals surface area contributed by atoms with Gasteiger partial charge in [0.1, 0.15) is 0 Å². The van der Waals surface area contributed by atoms with Gasteiger partial charge in [0.15, 0.2) is 5.17 Å². The minimum atomic E-state index is -3.74. The number of carbonyl (C=O) groups excluding carboxylic acids is 1. The average Bonchev–Trinajstić information content (AvgIpc) is 2.59. The Morgan fingerprint density at radius 1 is 1.08 bits per heavy atom. The molecule has 6 nitrogen and oxygen atoms in total. The number of benzene rings is 2. The van der Waals surface area contributed by atoms with Crippen LogP contribution < -0.4 is 10.0 Å². The molecule has 0 radical (unpaired) electrons. The van der Waals surface area contributed by atoms with Crippen LogP contribution in [0.2, 0.25) is 0 Å². The Kier molecular flexibility index (Phi) is 6.60. The highest BCUT2D eigenvalue weighted by atomic mass is 32.2. The van der Waals surface area contributed by atoms with E-state index in [1.807, 2.05) is 30.3 Å². The highest BCUT2D eigenvalue weighted by molar-refractivity contribution is 8.14. The highest BCUT2D eigenvalue weighted by Gasteiger charge is 2.16. The number of hydrogen-bond acceptors (Lipinski definition) is 5. The zero-order chi connectivity index (χ0) is 18.3. The van der Waals surface area contributed by atoms with E-state index in [0.29, 0.717) is 17.4 Å². The number of aliphatic imine (C=N–C) groups is 1. The number of amides is 1. The maximum absolute atomic E-state index is 12.5. The lowest BCUT2D eigenvalue weighted by Crippen LogP contribution is -2.28. The molecule has 0 spiro atoms. The number of hydrogen-bond donors (Lipinski definition) is 2. The minimum absolute atomic E-state index is 0.100. The van der Waals surface area contributed by atoms with E-state index in [1.54, 1.807) is 6.26 Å². The molecule has 0 saturated heterocycles. The molecule has 2 N–H and O–H groups in total. The van der Waals surface area contributed by atoms with Crippen LogP contribution in [0.3, 0.4) is 0 Å². The fraction of sp³-hybridized carbons (Fsp3) is 0.176. The quantitative estimate of drug-likeness (QED) is 0.619. The predicted octanol–water partition coefficient (Wildman–Crippen LogP) is 2.84. The summed E-state index contributed by atoms with van der Waals surface area (Å²) in [7, 11) is -3.74. The molecule has 0 bridgehead atoms. The van der Waals surface area contributed by atoms with Gasteiger partial charge in [-0.3, -0.25) is 14.5 Å². The topological polar surface area (TPSA) is 87.6 Å². The van der Waals surface area contributed by atoms with E-state index in [9.17, 15) is 13.2 Å². The molecule has 2 aromatic rings. The van der Waals surface area contributed by atoms with Gasteiger partial charge in [-0.25, -0.2) is 8.42 Å². The molecule has 0 aliphatic heterocycles. The van der Waals surface area contributed by atoms with E-state index in [-0.39, 0.29) is 10.8 Å². The Morgan fingerprint density at radius 2 is 1.72 bits per heavy atom.